The highest BCUT2D eigenvalue weighted by molar-refractivity contribution is 5.29. The molecular formula is C17H27N3O. The molecule has 1 atom stereocenters. The second-order valence-electron chi connectivity index (χ2n) is 6.08. The van der Waals surface area contributed by atoms with E-state index in [2.05, 4.69) is 46.3 Å². The van der Waals surface area contributed by atoms with Crippen LogP contribution >= 0.6 is 0 Å². The van der Waals surface area contributed by atoms with Gasteiger partial charge in [-0.25, -0.2) is 0 Å². The normalized spacial score (nSPS) is 22.8. The van der Waals surface area contributed by atoms with Crippen LogP contribution in [0.4, 0.5) is 0 Å². The van der Waals surface area contributed by atoms with Crippen LogP contribution in [0.25, 0.3) is 0 Å². The van der Waals surface area contributed by atoms with Crippen LogP contribution in [-0.2, 0) is 0 Å². The molecule has 0 radical (unpaired) electrons. The van der Waals surface area contributed by atoms with Gasteiger partial charge in [-0.2, -0.15) is 0 Å². The minimum absolute atomic E-state index is 0.539. The number of nitrogens with zero attached hydrogens (tertiary/aromatic N) is 2. The first kappa shape index (κ1) is 14.8. The maximum Gasteiger partial charge on any atom is 0.118 e. The highest BCUT2D eigenvalue weighted by Crippen LogP contribution is 2.27. The lowest BCUT2D eigenvalue weighted by atomic mass is 10.0. The third-order valence-electron chi connectivity index (χ3n) is 4.95. The average Bonchev–Trinajstić information content (AvgIpc) is 2.49. The summed E-state index contributed by atoms with van der Waals surface area (Å²) in [6, 6.07) is 9.92. The fraction of sp³-hybridized carbons (Fsp3) is 0.647. The van der Waals surface area contributed by atoms with E-state index in [1.807, 2.05) is 0 Å². The fourth-order valence-electron chi connectivity index (χ4n) is 3.48. The van der Waals surface area contributed by atoms with Crippen molar-refractivity contribution in [1.29, 1.82) is 0 Å². The first-order chi connectivity index (χ1) is 10.3. The van der Waals surface area contributed by atoms with Gasteiger partial charge in [-0.15, -0.1) is 0 Å². The quantitative estimate of drug-likeness (QED) is 0.893. The first-order valence-corrected chi connectivity index (χ1v) is 8.14. The molecule has 0 amide bonds. The predicted molar refractivity (Wildman–Crippen MR) is 85.8 cm³/mol. The van der Waals surface area contributed by atoms with E-state index in [1.165, 1.54) is 44.8 Å². The van der Waals surface area contributed by atoms with Gasteiger partial charge in [0.1, 0.15) is 5.75 Å². The van der Waals surface area contributed by atoms with Gasteiger partial charge in [0, 0.05) is 51.4 Å². The Morgan fingerprint density at radius 2 is 1.81 bits per heavy atom. The Balaban J connectivity index is 1.60. The van der Waals surface area contributed by atoms with Gasteiger partial charge in [0.25, 0.3) is 0 Å². The zero-order valence-electron chi connectivity index (χ0n) is 13.2. The van der Waals surface area contributed by atoms with Gasteiger partial charge in [0.15, 0.2) is 0 Å². The molecule has 2 fully saturated rings. The van der Waals surface area contributed by atoms with Crippen LogP contribution in [0.2, 0.25) is 0 Å². The number of nitrogens with one attached hydrogen (secondary N) is 1. The Morgan fingerprint density at radius 1 is 1.14 bits per heavy atom. The Labute approximate surface area is 128 Å². The minimum atomic E-state index is 0.539. The lowest BCUT2D eigenvalue weighted by molar-refractivity contribution is 0.0502. The third-order valence-corrected chi connectivity index (χ3v) is 4.95. The summed E-state index contributed by atoms with van der Waals surface area (Å²) in [6.07, 6.45) is 1.16. The van der Waals surface area contributed by atoms with Crippen LogP contribution in [0.15, 0.2) is 24.3 Å². The smallest absolute Gasteiger partial charge is 0.118 e. The average molecular weight is 289 g/mol. The summed E-state index contributed by atoms with van der Waals surface area (Å²) in [5, 5.41) is 3.37. The molecule has 1 aromatic rings. The summed E-state index contributed by atoms with van der Waals surface area (Å²) in [4.78, 5) is 5.29. The van der Waals surface area contributed by atoms with Gasteiger partial charge in [-0.3, -0.25) is 9.80 Å². The summed E-state index contributed by atoms with van der Waals surface area (Å²) in [7, 11) is 1.72. The van der Waals surface area contributed by atoms with E-state index in [9.17, 15) is 0 Å². The molecule has 2 aliphatic heterocycles. The Hall–Kier alpha value is -1.10. The molecule has 3 rings (SSSR count). The van der Waals surface area contributed by atoms with Crippen molar-refractivity contribution in [2.75, 3.05) is 46.4 Å². The molecule has 1 N–H and O–H groups in total. The molecule has 2 saturated heterocycles. The molecule has 116 valence electrons. The van der Waals surface area contributed by atoms with E-state index in [0.29, 0.717) is 6.04 Å². The summed E-state index contributed by atoms with van der Waals surface area (Å²) in [5.41, 5.74) is 1.41. The second-order valence-corrected chi connectivity index (χ2v) is 6.08. The Morgan fingerprint density at radius 3 is 2.29 bits per heavy atom. The van der Waals surface area contributed by atoms with E-state index >= 15 is 0 Å². The molecule has 0 bridgehead atoms. The van der Waals surface area contributed by atoms with E-state index < -0.39 is 0 Å². The predicted octanol–water partition coefficient (Wildman–Crippen LogP) is 1.74. The molecule has 0 spiro atoms. The SMILES string of the molecule is CCC(c1ccc(OC)cc1)N1CCN(C2CNC2)CC1. The van der Waals surface area contributed by atoms with Crippen molar-refractivity contribution >= 4 is 0 Å². The van der Waals surface area contributed by atoms with Crippen molar-refractivity contribution < 1.29 is 4.74 Å². The molecule has 2 heterocycles. The Kier molecular flexibility index (Phi) is 4.78. The van der Waals surface area contributed by atoms with Crippen molar-refractivity contribution in [3.8, 4) is 5.75 Å². The fourth-order valence-corrected chi connectivity index (χ4v) is 3.48. The van der Waals surface area contributed by atoms with E-state index in [0.717, 1.165) is 18.2 Å². The van der Waals surface area contributed by atoms with Crippen LogP contribution in [0.5, 0.6) is 5.75 Å². The number of benzene rings is 1. The molecular weight excluding hydrogens is 262 g/mol. The van der Waals surface area contributed by atoms with Gasteiger partial charge < -0.3 is 10.1 Å². The van der Waals surface area contributed by atoms with Crippen LogP contribution in [-0.4, -0.2) is 62.2 Å². The molecule has 0 saturated carbocycles. The second kappa shape index (κ2) is 6.77. The first-order valence-electron chi connectivity index (χ1n) is 8.14. The Bertz CT molecular complexity index is 436. The van der Waals surface area contributed by atoms with Crippen LogP contribution in [0, 0.1) is 0 Å². The standard InChI is InChI=1S/C17H27N3O/c1-3-17(14-4-6-16(21-2)7-5-14)20-10-8-19(9-11-20)15-12-18-13-15/h4-7,15,17-18H,3,8-13H2,1-2H3. The van der Waals surface area contributed by atoms with Crippen LogP contribution in [0.3, 0.4) is 0 Å². The number of ether oxygens (including phenoxy) is 1. The summed E-state index contributed by atoms with van der Waals surface area (Å²) < 4.78 is 5.26. The third kappa shape index (κ3) is 3.23. The van der Waals surface area contributed by atoms with Gasteiger partial charge in [-0.05, 0) is 24.1 Å². The van der Waals surface area contributed by atoms with Crippen molar-refractivity contribution in [3.05, 3.63) is 29.8 Å². The van der Waals surface area contributed by atoms with Gasteiger partial charge in [-0.1, -0.05) is 19.1 Å². The molecule has 1 aromatic carbocycles. The summed E-state index contributed by atoms with van der Waals surface area (Å²) >= 11 is 0. The van der Waals surface area contributed by atoms with Crippen molar-refractivity contribution in [2.24, 2.45) is 0 Å². The zero-order valence-corrected chi connectivity index (χ0v) is 13.2. The van der Waals surface area contributed by atoms with E-state index in [1.54, 1.807) is 7.11 Å². The highest BCUT2D eigenvalue weighted by Gasteiger charge is 2.30. The molecule has 21 heavy (non-hydrogen) atoms. The summed E-state index contributed by atoms with van der Waals surface area (Å²) in [6.45, 7) is 9.42. The summed E-state index contributed by atoms with van der Waals surface area (Å²) in [5.74, 6) is 0.941. The molecule has 4 nitrogen and oxygen atoms in total. The lowest BCUT2D eigenvalue weighted by Gasteiger charge is -2.45. The van der Waals surface area contributed by atoms with Gasteiger partial charge in [0.2, 0.25) is 0 Å². The van der Waals surface area contributed by atoms with Crippen LogP contribution in [0.1, 0.15) is 24.9 Å². The molecule has 2 aliphatic rings. The topological polar surface area (TPSA) is 27.7 Å². The van der Waals surface area contributed by atoms with E-state index in [4.69, 9.17) is 4.74 Å². The lowest BCUT2D eigenvalue weighted by Crippen LogP contribution is -2.61. The number of piperazine rings is 1. The molecule has 0 aromatic heterocycles. The maximum atomic E-state index is 5.26. The van der Waals surface area contributed by atoms with Gasteiger partial charge in [0.05, 0.1) is 7.11 Å². The number of hydrogen-bond acceptors (Lipinski definition) is 4. The largest absolute Gasteiger partial charge is 0.497 e. The zero-order chi connectivity index (χ0) is 14.7. The van der Waals surface area contributed by atoms with Crippen molar-refractivity contribution in [2.45, 2.75) is 25.4 Å². The maximum absolute atomic E-state index is 5.26. The number of rotatable bonds is 5. The van der Waals surface area contributed by atoms with Gasteiger partial charge >= 0.3 is 0 Å². The van der Waals surface area contributed by atoms with E-state index in [-0.39, 0.29) is 0 Å². The molecule has 0 aliphatic carbocycles. The van der Waals surface area contributed by atoms with Crippen LogP contribution < -0.4 is 10.1 Å². The van der Waals surface area contributed by atoms with Crippen molar-refractivity contribution in [1.82, 2.24) is 15.1 Å². The highest BCUT2D eigenvalue weighted by atomic mass is 16.5. The monoisotopic (exact) mass is 289 g/mol. The minimum Gasteiger partial charge on any atom is -0.497 e. The molecule has 1 unspecified atom stereocenters. The number of hydrogen-bond donors (Lipinski definition) is 1. The molecule has 4 heteroatoms. The number of methoxy groups -OCH3 is 1. The van der Waals surface area contributed by atoms with Crippen molar-refractivity contribution in [3.63, 3.8) is 0 Å².